The Balaban J connectivity index is 2.55. The molecule has 1 unspecified atom stereocenters. The van der Waals surface area contributed by atoms with Crippen LogP contribution in [-0.2, 0) is 9.84 Å². The highest BCUT2D eigenvalue weighted by molar-refractivity contribution is 7.90. The van der Waals surface area contributed by atoms with Crippen LogP contribution in [0.1, 0.15) is 17.4 Å². The Labute approximate surface area is 92.3 Å². The summed E-state index contributed by atoms with van der Waals surface area (Å²) in [5.41, 5.74) is 0. The van der Waals surface area contributed by atoms with Crippen molar-refractivity contribution in [3.63, 3.8) is 0 Å². The summed E-state index contributed by atoms with van der Waals surface area (Å²) >= 11 is 7.01. The SMILES string of the molecule is CS(=O)(=O)CCC(O)c1cc(Cl)cs1. The highest BCUT2D eigenvalue weighted by atomic mass is 35.5. The lowest BCUT2D eigenvalue weighted by molar-refractivity contribution is 0.178. The van der Waals surface area contributed by atoms with Crippen LogP contribution >= 0.6 is 22.9 Å². The van der Waals surface area contributed by atoms with Crippen molar-refractivity contribution in [3.8, 4) is 0 Å². The predicted molar refractivity (Wildman–Crippen MR) is 58.6 cm³/mol. The molecule has 0 aliphatic carbocycles. The van der Waals surface area contributed by atoms with E-state index in [1.807, 2.05) is 0 Å². The van der Waals surface area contributed by atoms with E-state index in [1.54, 1.807) is 11.4 Å². The molecular weight excluding hydrogens is 244 g/mol. The highest BCUT2D eigenvalue weighted by Gasteiger charge is 2.13. The van der Waals surface area contributed by atoms with E-state index in [2.05, 4.69) is 0 Å². The summed E-state index contributed by atoms with van der Waals surface area (Å²) in [4.78, 5) is 0.707. The number of hydrogen-bond acceptors (Lipinski definition) is 4. The molecule has 0 bridgehead atoms. The Kier molecular flexibility index (Phi) is 3.94. The molecule has 0 aromatic carbocycles. The zero-order valence-corrected chi connectivity index (χ0v) is 9.99. The molecule has 14 heavy (non-hydrogen) atoms. The van der Waals surface area contributed by atoms with E-state index < -0.39 is 15.9 Å². The quantitative estimate of drug-likeness (QED) is 0.893. The fourth-order valence-corrected chi connectivity index (χ4v) is 2.72. The normalized spacial score (nSPS) is 14.2. The Morgan fingerprint density at radius 1 is 1.64 bits per heavy atom. The Hall–Kier alpha value is -0.100. The van der Waals surface area contributed by atoms with Gasteiger partial charge in [-0.3, -0.25) is 0 Å². The number of halogens is 1. The van der Waals surface area contributed by atoms with Crippen molar-refractivity contribution in [3.05, 3.63) is 21.3 Å². The third-order valence-corrected chi connectivity index (χ3v) is 4.04. The topological polar surface area (TPSA) is 54.4 Å². The molecule has 0 aliphatic heterocycles. The Morgan fingerprint density at radius 2 is 2.29 bits per heavy atom. The summed E-state index contributed by atoms with van der Waals surface area (Å²) in [7, 11) is -3.01. The standard InChI is InChI=1S/C8H11ClO3S2/c1-14(11,12)3-2-7(10)8-4-6(9)5-13-8/h4-5,7,10H,2-3H2,1H3. The van der Waals surface area contributed by atoms with Gasteiger partial charge in [0.15, 0.2) is 0 Å². The maximum absolute atomic E-state index is 10.8. The Bertz CT molecular complexity index is 396. The van der Waals surface area contributed by atoms with Crippen LogP contribution in [0.3, 0.4) is 0 Å². The molecule has 1 heterocycles. The second-order valence-electron chi connectivity index (χ2n) is 3.10. The molecular formula is C8H11ClO3S2. The van der Waals surface area contributed by atoms with Gasteiger partial charge in [0.1, 0.15) is 9.84 Å². The lowest BCUT2D eigenvalue weighted by atomic mass is 10.2. The molecule has 1 N–H and O–H groups in total. The van der Waals surface area contributed by atoms with Crippen molar-refractivity contribution in [2.45, 2.75) is 12.5 Å². The van der Waals surface area contributed by atoms with Gasteiger partial charge in [-0.15, -0.1) is 11.3 Å². The molecule has 0 fully saturated rings. The highest BCUT2D eigenvalue weighted by Crippen LogP contribution is 2.27. The number of aliphatic hydroxyl groups is 1. The minimum absolute atomic E-state index is 0.0102. The fraction of sp³-hybridized carbons (Fsp3) is 0.500. The first-order valence-corrected chi connectivity index (χ1v) is 7.30. The minimum Gasteiger partial charge on any atom is -0.388 e. The average Bonchev–Trinajstić information content (AvgIpc) is 2.46. The summed E-state index contributed by atoms with van der Waals surface area (Å²) in [5.74, 6) is -0.0102. The van der Waals surface area contributed by atoms with Crippen molar-refractivity contribution in [1.82, 2.24) is 0 Å². The van der Waals surface area contributed by atoms with Gasteiger partial charge in [-0.05, 0) is 12.5 Å². The van der Waals surface area contributed by atoms with Gasteiger partial charge in [-0.25, -0.2) is 8.42 Å². The number of aliphatic hydroxyl groups excluding tert-OH is 1. The van der Waals surface area contributed by atoms with Crippen LogP contribution in [0.15, 0.2) is 11.4 Å². The summed E-state index contributed by atoms with van der Waals surface area (Å²) in [6.45, 7) is 0. The number of thiophene rings is 1. The van der Waals surface area contributed by atoms with Crippen LogP contribution in [0.4, 0.5) is 0 Å². The summed E-state index contributed by atoms with van der Waals surface area (Å²) < 4.78 is 21.7. The van der Waals surface area contributed by atoms with Gasteiger partial charge < -0.3 is 5.11 Å². The molecule has 0 amide bonds. The van der Waals surface area contributed by atoms with Crippen molar-refractivity contribution in [2.24, 2.45) is 0 Å². The van der Waals surface area contributed by atoms with Crippen molar-refractivity contribution >= 4 is 32.8 Å². The minimum atomic E-state index is -3.01. The maximum Gasteiger partial charge on any atom is 0.147 e. The first-order chi connectivity index (χ1) is 6.38. The third-order valence-electron chi connectivity index (χ3n) is 1.68. The van der Waals surface area contributed by atoms with Crippen molar-refractivity contribution in [2.75, 3.05) is 12.0 Å². The van der Waals surface area contributed by atoms with E-state index in [9.17, 15) is 13.5 Å². The average molecular weight is 255 g/mol. The van der Waals surface area contributed by atoms with E-state index in [1.165, 1.54) is 11.3 Å². The monoisotopic (exact) mass is 254 g/mol. The molecule has 1 aromatic rings. The predicted octanol–water partition coefficient (Wildman–Crippen LogP) is 1.87. The molecule has 6 heteroatoms. The van der Waals surface area contributed by atoms with Gasteiger partial charge in [0.25, 0.3) is 0 Å². The van der Waals surface area contributed by atoms with Crippen molar-refractivity contribution < 1.29 is 13.5 Å². The molecule has 80 valence electrons. The number of hydrogen-bond donors (Lipinski definition) is 1. The lowest BCUT2D eigenvalue weighted by Gasteiger charge is -2.06. The number of rotatable bonds is 4. The summed E-state index contributed by atoms with van der Waals surface area (Å²) in [6.07, 6.45) is 0.638. The molecule has 0 saturated carbocycles. The third kappa shape index (κ3) is 3.96. The van der Waals surface area contributed by atoms with Crippen LogP contribution in [0.2, 0.25) is 5.02 Å². The van der Waals surface area contributed by atoms with Crippen LogP contribution in [-0.4, -0.2) is 25.5 Å². The van der Waals surface area contributed by atoms with E-state index >= 15 is 0 Å². The van der Waals surface area contributed by atoms with Crippen molar-refractivity contribution in [1.29, 1.82) is 0 Å². The van der Waals surface area contributed by atoms with Crippen LogP contribution in [0, 0.1) is 0 Å². The maximum atomic E-state index is 10.8. The van der Waals surface area contributed by atoms with Gasteiger partial charge in [0.05, 0.1) is 16.9 Å². The molecule has 1 rings (SSSR count). The van der Waals surface area contributed by atoms with Gasteiger partial charge in [0, 0.05) is 16.5 Å². The largest absolute Gasteiger partial charge is 0.388 e. The van der Waals surface area contributed by atoms with Gasteiger partial charge in [-0.1, -0.05) is 11.6 Å². The van der Waals surface area contributed by atoms with Gasteiger partial charge >= 0.3 is 0 Å². The van der Waals surface area contributed by atoms with Gasteiger partial charge in [0.2, 0.25) is 0 Å². The van der Waals surface area contributed by atoms with E-state index in [4.69, 9.17) is 11.6 Å². The molecule has 0 radical (unpaired) electrons. The second-order valence-corrected chi connectivity index (χ2v) is 6.74. The molecule has 0 aliphatic rings. The summed E-state index contributed by atoms with van der Waals surface area (Å²) in [6, 6.07) is 1.65. The van der Waals surface area contributed by atoms with E-state index in [0.717, 1.165) is 6.26 Å². The van der Waals surface area contributed by atoms with Crippen LogP contribution in [0.5, 0.6) is 0 Å². The van der Waals surface area contributed by atoms with Gasteiger partial charge in [-0.2, -0.15) is 0 Å². The molecule has 0 spiro atoms. The lowest BCUT2D eigenvalue weighted by Crippen LogP contribution is -2.07. The number of sulfone groups is 1. The van der Waals surface area contributed by atoms with Crippen LogP contribution < -0.4 is 0 Å². The first kappa shape index (κ1) is 12.0. The molecule has 3 nitrogen and oxygen atoms in total. The molecule has 1 atom stereocenters. The molecule has 0 saturated heterocycles. The fourth-order valence-electron chi connectivity index (χ4n) is 0.971. The zero-order valence-electron chi connectivity index (χ0n) is 7.60. The smallest absolute Gasteiger partial charge is 0.147 e. The second kappa shape index (κ2) is 4.61. The zero-order chi connectivity index (χ0) is 10.8. The van der Waals surface area contributed by atoms with Crippen LogP contribution in [0.25, 0.3) is 0 Å². The van der Waals surface area contributed by atoms with E-state index in [-0.39, 0.29) is 12.2 Å². The first-order valence-electron chi connectivity index (χ1n) is 3.98. The summed E-state index contributed by atoms with van der Waals surface area (Å²) in [5, 5.41) is 11.9. The van der Waals surface area contributed by atoms with E-state index in [0.29, 0.717) is 9.90 Å². The molecule has 1 aromatic heterocycles. The Morgan fingerprint density at radius 3 is 2.71 bits per heavy atom.